The highest BCUT2D eigenvalue weighted by molar-refractivity contribution is 7.07. The van der Waals surface area contributed by atoms with Crippen LogP contribution in [0.5, 0.6) is 17.2 Å². The molecule has 0 radical (unpaired) electrons. The number of halogens is 2. The van der Waals surface area contributed by atoms with Crippen LogP contribution < -0.4 is 29.1 Å². The number of methoxy groups -OCH3 is 1. The van der Waals surface area contributed by atoms with Crippen molar-refractivity contribution >= 4 is 46.3 Å². The number of hydrogen-bond donors (Lipinski definition) is 0. The Morgan fingerprint density at radius 3 is 2.57 bits per heavy atom. The van der Waals surface area contributed by atoms with E-state index >= 15 is 0 Å². The monoisotopic (exact) mass is 668 g/mol. The molecule has 0 spiro atoms. The van der Waals surface area contributed by atoms with Crippen LogP contribution in [0.1, 0.15) is 47.2 Å². The highest BCUT2D eigenvalue weighted by Crippen LogP contribution is 2.41. The summed E-state index contributed by atoms with van der Waals surface area (Å²) in [4.78, 5) is 20.0. The Labute approximate surface area is 280 Å². The molecule has 1 aromatic heterocycles. The molecule has 0 N–H and O–H groups in total. The van der Waals surface area contributed by atoms with E-state index in [4.69, 9.17) is 42.4 Å². The summed E-state index contributed by atoms with van der Waals surface area (Å²) >= 11 is 13.8. The maximum absolute atomic E-state index is 14.2. The first kappa shape index (κ1) is 30.4. The predicted molar refractivity (Wildman–Crippen MR) is 184 cm³/mol. The van der Waals surface area contributed by atoms with E-state index in [0.29, 0.717) is 37.5 Å². The fraction of sp³-hybridized carbons (Fsp3) is 0.189. The van der Waals surface area contributed by atoms with Crippen LogP contribution in [-0.4, -0.2) is 18.3 Å². The Balaban J connectivity index is 1.30. The highest BCUT2D eigenvalue weighted by Gasteiger charge is 2.32. The number of benzene rings is 4. The van der Waals surface area contributed by atoms with Crippen LogP contribution in [0, 0.1) is 0 Å². The minimum absolute atomic E-state index is 0.0781. The molecule has 5 aromatic rings. The third-order valence-electron chi connectivity index (χ3n) is 8.27. The van der Waals surface area contributed by atoms with Gasteiger partial charge in [0.2, 0.25) is 0 Å². The molecule has 7 rings (SSSR count). The van der Waals surface area contributed by atoms with E-state index in [1.165, 1.54) is 16.9 Å². The minimum atomic E-state index is -0.262. The van der Waals surface area contributed by atoms with Crippen LogP contribution in [-0.2, 0) is 13.0 Å². The van der Waals surface area contributed by atoms with Crippen molar-refractivity contribution in [2.24, 2.45) is 4.99 Å². The molecule has 9 heteroatoms. The topological polar surface area (TPSA) is 62.0 Å². The zero-order valence-electron chi connectivity index (χ0n) is 25.3. The molecule has 2 aliphatic rings. The van der Waals surface area contributed by atoms with Crippen molar-refractivity contribution in [3.63, 3.8) is 0 Å². The lowest BCUT2D eigenvalue weighted by Gasteiger charge is -2.30. The first-order chi connectivity index (χ1) is 22.4. The van der Waals surface area contributed by atoms with Gasteiger partial charge in [0, 0.05) is 21.2 Å². The molecular weight excluding hydrogens is 639 g/mol. The smallest absolute Gasteiger partial charge is 0.271 e. The van der Waals surface area contributed by atoms with Gasteiger partial charge in [0.1, 0.15) is 12.4 Å². The van der Waals surface area contributed by atoms with Crippen LogP contribution >= 0.6 is 34.5 Å². The molecule has 6 nitrogen and oxygen atoms in total. The Kier molecular flexibility index (Phi) is 8.47. The third-order valence-corrected chi connectivity index (χ3v) is 9.84. The van der Waals surface area contributed by atoms with Crippen molar-refractivity contribution in [2.75, 3.05) is 13.7 Å². The first-order valence-electron chi connectivity index (χ1n) is 15.0. The number of fused-ring (bicyclic) bond motifs is 3. The number of nitrogens with zero attached hydrogens (tertiary/aromatic N) is 2. The Morgan fingerprint density at radius 2 is 1.78 bits per heavy atom. The van der Waals surface area contributed by atoms with Gasteiger partial charge in [-0.15, -0.1) is 0 Å². The third kappa shape index (κ3) is 5.75. The van der Waals surface area contributed by atoms with E-state index in [-0.39, 0.29) is 18.2 Å². The fourth-order valence-corrected chi connectivity index (χ4v) is 7.52. The summed E-state index contributed by atoms with van der Waals surface area (Å²) in [6, 6.07) is 27.1. The molecular formula is C37H30Cl2N2O4S. The molecule has 2 heterocycles. The lowest BCUT2D eigenvalue weighted by atomic mass is 9.83. The van der Waals surface area contributed by atoms with Gasteiger partial charge in [-0.3, -0.25) is 9.36 Å². The van der Waals surface area contributed by atoms with Crippen molar-refractivity contribution in [3.8, 4) is 17.2 Å². The zero-order valence-corrected chi connectivity index (χ0v) is 27.6. The van der Waals surface area contributed by atoms with Crippen molar-refractivity contribution in [1.29, 1.82) is 0 Å². The number of hydrogen-bond acceptors (Lipinski definition) is 6. The lowest BCUT2D eigenvalue weighted by Crippen LogP contribution is -2.38. The molecule has 0 bridgehead atoms. The molecule has 232 valence electrons. The first-order valence-corrected chi connectivity index (χ1v) is 16.6. The van der Waals surface area contributed by atoms with Gasteiger partial charge in [-0.25, -0.2) is 4.99 Å². The molecule has 1 aliphatic heterocycles. The molecule has 0 amide bonds. The summed E-state index contributed by atoms with van der Waals surface area (Å²) in [5, 5.41) is 1.11. The number of ether oxygens (including phenoxy) is 3. The van der Waals surface area contributed by atoms with Crippen LogP contribution in [0.3, 0.4) is 0 Å². The van der Waals surface area contributed by atoms with E-state index in [1.54, 1.807) is 19.2 Å². The summed E-state index contributed by atoms with van der Waals surface area (Å²) in [6.45, 7) is 2.63. The second-order valence-corrected chi connectivity index (χ2v) is 12.9. The highest BCUT2D eigenvalue weighted by atomic mass is 35.5. The van der Waals surface area contributed by atoms with Gasteiger partial charge in [0.25, 0.3) is 5.56 Å². The lowest BCUT2D eigenvalue weighted by molar-refractivity contribution is 0.269. The maximum atomic E-state index is 14.2. The Morgan fingerprint density at radius 1 is 0.957 bits per heavy atom. The summed E-state index contributed by atoms with van der Waals surface area (Å²) in [7, 11) is 1.65. The molecule has 0 saturated heterocycles. The Bertz CT molecular complexity index is 2170. The number of allylic oxidation sites excluding steroid dienone is 1. The average Bonchev–Trinajstić information content (AvgIpc) is 3.38. The fourth-order valence-electron chi connectivity index (χ4n) is 6.06. The van der Waals surface area contributed by atoms with Crippen molar-refractivity contribution < 1.29 is 14.2 Å². The van der Waals surface area contributed by atoms with Gasteiger partial charge in [0.05, 0.1) is 30.0 Å². The van der Waals surface area contributed by atoms with Crippen LogP contribution in [0.4, 0.5) is 0 Å². The van der Waals surface area contributed by atoms with Crippen molar-refractivity contribution in [3.05, 3.63) is 148 Å². The number of thiazole rings is 1. The molecule has 4 aromatic carbocycles. The predicted octanol–water partition coefficient (Wildman–Crippen LogP) is 7.61. The SMILES string of the molecule is CCOc1cc(/C=c2\sc3n(c2=O)[C@@H](c2ccc(OC)cc2)C2=C(N=3)c3ccccc3CC2)ccc1OCc1ccc(Cl)cc1Cl. The minimum Gasteiger partial charge on any atom is -0.497 e. The summed E-state index contributed by atoms with van der Waals surface area (Å²) in [6.07, 6.45) is 3.63. The molecule has 46 heavy (non-hydrogen) atoms. The Hall–Kier alpha value is -4.30. The second-order valence-electron chi connectivity index (χ2n) is 11.1. The number of aromatic nitrogens is 1. The van der Waals surface area contributed by atoms with Crippen LogP contribution in [0.15, 0.2) is 100 Å². The zero-order chi connectivity index (χ0) is 31.8. The van der Waals surface area contributed by atoms with Gasteiger partial charge in [0.15, 0.2) is 16.3 Å². The van der Waals surface area contributed by atoms with Crippen molar-refractivity contribution in [2.45, 2.75) is 32.4 Å². The van der Waals surface area contributed by atoms with E-state index in [0.717, 1.165) is 52.1 Å². The van der Waals surface area contributed by atoms with Gasteiger partial charge in [-0.2, -0.15) is 0 Å². The van der Waals surface area contributed by atoms with E-state index in [9.17, 15) is 4.79 Å². The molecule has 1 aliphatic carbocycles. The largest absolute Gasteiger partial charge is 0.497 e. The summed E-state index contributed by atoms with van der Waals surface area (Å²) in [5.41, 5.74) is 7.12. The van der Waals surface area contributed by atoms with Crippen molar-refractivity contribution in [1.82, 2.24) is 4.57 Å². The van der Waals surface area contributed by atoms with E-state index in [2.05, 4.69) is 24.3 Å². The molecule has 0 unspecified atom stereocenters. The average molecular weight is 670 g/mol. The quantitative estimate of drug-likeness (QED) is 0.171. The van der Waals surface area contributed by atoms with E-state index in [1.807, 2.05) is 66.1 Å². The summed E-state index contributed by atoms with van der Waals surface area (Å²) < 4.78 is 19.9. The van der Waals surface area contributed by atoms with Gasteiger partial charge >= 0.3 is 0 Å². The molecule has 0 fully saturated rings. The molecule has 0 saturated carbocycles. The molecule has 1 atom stereocenters. The van der Waals surface area contributed by atoms with Gasteiger partial charge in [-0.05, 0) is 84.5 Å². The van der Waals surface area contributed by atoms with Gasteiger partial charge in [-0.1, -0.05) is 83.1 Å². The number of aryl methyl sites for hydroxylation is 1. The van der Waals surface area contributed by atoms with Crippen LogP contribution in [0.2, 0.25) is 10.0 Å². The standard InChI is InChI=1S/C37H30Cl2N2O4S/c1-3-44-32-18-22(8-17-31(32)45-21-25-9-13-26(38)20-30(25)39)19-33-36(42)41-35(24-10-14-27(43-2)15-11-24)29-16-12-23-6-4-5-7-28(23)34(29)40-37(41)46-33/h4-11,13-15,17-20,35H,3,12,16,21H2,1-2H3/b33-19-/t35-/m0/s1. The normalized spacial score (nSPS) is 15.5. The maximum Gasteiger partial charge on any atom is 0.271 e. The summed E-state index contributed by atoms with van der Waals surface area (Å²) in [5.74, 6) is 1.93. The second kappa shape index (κ2) is 12.8. The number of rotatable bonds is 8. The van der Waals surface area contributed by atoms with Gasteiger partial charge < -0.3 is 14.2 Å². The van der Waals surface area contributed by atoms with E-state index < -0.39 is 0 Å². The van der Waals surface area contributed by atoms with Crippen LogP contribution in [0.25, 0.3) is 11.8 Å².